The molecule has 0 bridgehead atoms. The minimum Gasteiger partial charge on any atom is -0.430 e. The fraction of sp³-hybridized carbons (Fsp3) is 0.400. The van der Waals surface area contributed by atoms with Crippen molar-refractivity contribution in [1.82, 2.24) is 10.5 Å². The van der Waals surface area contributed by atoms with Crippen LogP contribution < -0.4 is 10.1 Å². The van der Waals surface area contributed by atoms with Gasteiger partial charge >= 0.3 is 12.3 Å². The van der Waals surface area contributed by atoms with Crippen molar-refractivity contribution >= 4 is 12.4 Å². The summed E-state index contributed by atoms with van der Waals surface area (Å²) in [5.74, 6) is 0.0806. The Labute approximate surface area is 150 Å². The molecule has 0 amide bonds. The van der Waals surface area contributed by atoms with Crippen LogP contribution in [0.4, 0.5) is 26.3 Å². The van der Waals surface area contributed by atoms with E-state index in [2.05, 4.69) is 15.2 Å². The molecular formula is C15H15ClF6N2O2. The van der Waals surface area contributed by atoms with Gasteiger partial charge in [-0.3, -0.25) is 0 Å². The normalized spacial score (nSPS) is 13.2. The quantitative estimate of drug-likeness (QED) is 0.687. The molecule has 146 valence electrons. The van der Waals surface area contributed by atoms with Gasteiger partial charge in [0.15, 0.2) is 0 Å². The first-order chi connectivity index (χ1) is 11.6. The summed E-state index contributed by atoms with van der Waals surface area (Å²) in [7, 11) is 0. The molecule has 0 spiro atoms. The van der Waals surface area contributed by atoms with Gasteiger partial charge in [-0.05, 0) is 24.6 Å². The Hall–Kier alpha value is -1.94. The molecule has 4 nitrogen and oxygen atoms in total. The topological polar surface area (TPSA) is 47.3 Å². The smallest absolute Gasteiger partial charge is 0.430 e. The highest BCUT2D eigenvalue weighted by molar-refractivity contribution is 5.85. The van der Waals surface area contributed by atoms with Crippen LogP contribution in [0.15, 0.2) is 34.9 Å². The van der Waals surface area contributed by atoms with E-state index in [1.807, 2.05) is 0 Å². The number of alkyl halides is 6. The van der Waals surface area contributed by atoms with E-state index in [0.717, 1.165) is 12.1 Å². The Morgan fingerprint density at radius 2 is 1.73 bits per heavy atom. The van der Waals surface area contributed by atoms with E-state index in [1.54, 1.807) is 13.0 Å². The molecule has 1 atom stereocenters. The van der Waals surface area contributed by atoms with Crippen molar-refractivity contribution in [3.05, 3.63) is 47.3 Å². The first-order valence-electron chi connectivity index (χ1n) is 7.07. The average Bonchev–Trinajstić information content (AvgIpc) is 2.92. The van der Waals surface area contributed by atoms with Crippen LogP contribution in [0, 0.1) is 6.92 Å². The molecule has 0 radical (unpaired) electrons. The predicted molar refractivity (Wildman–Crippen MR) is 82.0 cm³/mol. The summed E-state index contributed by atoms with van der Waals surface area (Å²) < 4.78 is 83.9. The number of nitrogens with zero attached hydrogens (tertiary/aromatic N) is 1. The highest BCUT2D eigenvalue weighted by Gasteiger charge is 2.59. The van der Waals surface area contributed by atoms with Gasteiger partial charge in [0.05, 0.1) is 5.69 Å². The van der Waals surface area contributed by atoms with Crippen molar-refractivity contribution in [2.75, 3.05) is 0 Å². The molecule has 1 aromatic carbocycles. The van der Waals surface area contributed by atoms with Gasteiger partial charge < -0.3 is 14.6 Å². The molecule has 1 N–H and O–H groups in total. The number of rotatable bonds is 7. The molecule has 1 heterocycles. The second-order valence-electron chi connectivity index (χ2n) is 5.24. The number of benzene rings is 1. The highest BCUT2D eigenvalue weighted by Crippen LogP contribution is 2.36. The van der Waals surface area contributed by atoms with Gasteiger partial charge in [-0.15, -0.1) is 12.4 Å². The van der Waals surface area contributed by atoms with Gasteiger partial charge in [0.2, 0.25) is 0 Å². The van der Waals surface area contributed by atoms with Gasteiger partial charge in [-0.2, -0.15) is 22.0 Å². The third-order valence-electron chi connectivity index (χ3n) is 3.07. The Bertz CT molecular complexity index is 690. The summed E-state index contributed by atoms with van der Waals surface area (Å²) >= 11 is 0. The molecule has 0 aliphatic rings. The Kier molecular flexibility index (Phi) is 7.34. The SMILES string of the molecule is Cc1cc(CNCc2ccc(OC(F)(F)C(F)C(F)(F)F)cc2)no1.Cl. The summed E-state index contributed by atoms with van der Waals surface area (Å²) in [5.41, 5.74) is 1.33. The lowest BCUT2D eigenvalue weighted by molar-refractivity contribution is -0.304. The van der Waals surface area contributed by atoms with Gasteiger partial charge in [-0.25, -0.2) is 4.39 Å². The second kappa shape index (κ2) is 8.63. The molecule has 26 heavy (non-hydrogen) atoms. The number of hydrogen-bond acceptors (Lipinski definition) is 4. The van der Waals surface area contributed by atoms with Crippen molar-refractivity contribution < 1.29 is 35.6 Å². The summed E-state index contributed by atoms with van der Waals surface area (Å²) in [6.07, 6.45) is -15.1. The maximum Gasteiger partial charge on any atom is 0.439 e. The largest absolute Gasteiger partial charge is 0.439 e. The summed E-state index contributed by atoms with van der Waals surface area (Å²) in [4.78, 5) is 0. The molecule has 0 saturated heterocycles. The van der Waals surface area contributed by atoms with E-state index in [4.69, 9.17) is 4.52 Å². The lowest BCUT2D eigenvalue weighted by Crippen LogP contribution is -2.45. The van der Waals surface area contributed by atoms with Crippen molar-refractivity contribution in [1.29, 1.82) is 0 Å². The summed E-state index contributed by atoms with van der Waals surface area (Å²) in [5, 5.41) is 6.79. The minimum absolute atomic E-state index is 0. The Balaban J connectivity index is 0.00000338. The van der Waals surface area contributed by atoms with E-state index in [0.29, 0.717) is 30.1 Å². The zero-order chi connectivity index (χ0) is 18.7. The maximum atomic E-state index is 13.1. The third-order valence-corrected chi connectivity index (χ3v) is 3.07. The Morgan fingerprint density at radius 3 is 2.23 bits per heavy atom. The molecule has 11 heteroatoms. The predicted octanol–water partition coefficient (Wildman–Crippen LogP) is 4.57. The average molecular weight is 405 g/mol. The number of hydrogen-bond donors (Lipinski definition) is 1. The van der Waals surface area contributed by atoms with E-state index in [9.17, 15) is 26.3 Å². The van der Waals surface area contributed by atoms with E-state index < -0.39 is 24.2 Å². The van der Waals surface area contributed by atoms with Crippen LogP contribution in [0.2, 0.25) is 0 Å². The third kappa shape index (κ3) is 6.10. The standard InChI is InChI=1S/C15H14F6N2O2.ClH/c1-9-6-11(23-25-9)8-22-7-10-2-4-12(5-3-10)24-15(20,21)13(16)14(17,18)19;/h2-6,13,22H,7-8H2,1H3;1H. The molecule has 1 unspecified atom stereocenters. The van der Waals surface area contributed by atoms with Crippen LogP contribution in [-0.2, 0) is 13.1 Å². The fourth-order valence-corrected chi connectivity index (χ4v) is 1.91. The summed E-state index contributed by atoms with van der Waals surface area (Å²) in [6.45, 7) is 2.49. The van der Waals surface area contributed by atoms with Crippen molar-refractivity contribution in [3.63, 3.8) is 0 Å². The van der Waals surface area contributed by atoms with E-state index in [1.165, 1.54) is 12.1 Å². The summed E-state index contributed by atoms with van der Waals surface area (Å²) in [6, 6.07) is 6.54. The molecule has 0 aliphatic carbocycles. The van der Waals surface area contributed by atoms with Gasteiger partial charge in [0.1, 0.15) is 11.5 Å². The number of ether oxygens (including phenoxy) is 1. The number of aryl methyl sites for hydroxylation is 1. The van der Waals surface area contributed by atoms with E-state index in [-0.39, 0.29) is 12.4 Å². The van der Waals surface area contributed by atoms with Gasteiger partial charge in [0, 0.05) is 19.2 Å². The van der Waals surface area contributed by atoms with Crippen molar-refractivity contribution in [2.45, 2.75) is 38.5 Å². The molecule has 0 fully saturated rings. The molecular weight excluding hydrogens is 390 g/mol. The molecule has 1 aromatic heterocycles. The lowest BCUT2D eigenvalue weighted by atomic mass is 10.2. The number of aromatic nitrogens is 1. The van der Waals surface area contributed by atoms with Crippen LogP contribution in [0.3, 0.4) is 0 Å². The lowest BCUT2D eigenvalue weighted by Gasteiger charge is -2.23. The van der Waals surface area contributed by atoms with E-state index >= 15 is 0 Å². The van der Waals surface area contributed by atoms with Crippen LogP contribution >= 0.6 is 12.4 Å². The zero-order valence-electron chi connectivity index (χ0n) is 13.3. The molecule has 2 rings (SSSR count). The van der Waals surface area contributed by atoms with Crippen LogP contribution in [0.1, 0.15) is 17.0 Å². The molecule has 0 aliphatic heterocycles. The fourth-order valence-electron chi connectivity index (χ4n) is 1.91. The minimum atomic E-state index is -5.72. The maximum absolute atomic E-state index is 13.1. The van der Waals surface area contributed by atoms with Crippen LogP contribution in [0.25, 0.3) is 0 Å². The van der Waals surface area contributed by atoms with Crippen molar-refractivity contribution in [3.8, 4) is 5.75 Å². The first kappa shape index (κ1) is 22.1. The molecule has 0 saturated carbocycles. The van der Waals surface area contributed by atoms with Crippen molar-refractivity contribution in [2.24, 2.45) is 0 Å². The molecule has 2 aromatic rings. The van der Waals surface area contributed by atoms with Gasteiger partial charge in [0.25, 0.3) is 6.17 Å². The van der Waals surface area contributed by atoms with Crippen LogP contribution in [0.5, 0.6) is 5.75 Å². The van der Waals surface area contributed by atoms with Gasteiger partial charge in [-0.1, -0.05) is 17.3 Å². The second-order valence-corrected chi connectivity index (χ2v) is 5.24. The number of halogens is 7. The first-order valence-corrected chi connectivity index (χ1v) is 7.07. The number of nitrogens with one attached hydrogen (secondary N) is 1. The highest BCUT2D eigenvalue weighted by atomic mass is 35.5. The Morgan fingerprint density at radius 1 is 1.12 bits per heavy atom. The monoisotopic (exact) mass is 404 g/mol. The zero-order valence-corrected chi connectivity index (χ0v) is 14.1. The van der Waals surface area contributed by atoms with Crippen LogP contribution in [-0.4, -0.2) is 23.6 Å².